The van der Waals surface area contributed by atoms with Crippen LogP contribution in [0.2, 0.25) is 5.02 Å². The molecule has 0 bridgehead atoms. The van der Waals surface area contributed by atoms with Crippen molar-refractivity contribution < 1.29 is 19.9 Å². The second-order valence-electron chi connectivity index (χ2n) is 3.31. The van der Waals surface area contributed by atoms with Crippen molar-refractivity contribution in [2.45, 2.75) is 6.42 Å². The monoisotopic (exact) mass is 291 g/mol. The lowest BCUT2D eigenvalue weighted by Crippen LogP contribution is -2.05. The molecule has 0 aliphatic heterocycles. The zero-order valence-electron chi connectivity index (χ0n) is 9.11. The molecule has 0 fully saturated rings. The molecular formula is C8H6ClN3O7. The van der Waals surface area contributed by atoms with E-state index in [0.29, 0.717) is 0 Å². The van der Waals surface area contributed by atoms with Crippen molar-refractivity contribution in [1.29, 1.82) is 0 Å². The molecule has 0 atom stereocenters. The van der Waals surface area contributed by atoms with Crippen LogP contribution in [0.25, 0.3) is 0 Å². The summed E-state index contributed by atoms with van der Waals surface area (Å²) < 4.78 is 0. The van der Waals surface area contributed by atoms with Crippen LogP contribution in [0, 0.1) is 30.3 Å². The summed E-state index contributed by atoms with van der Waals surface area (Å²) in [6.07, 6.45) is -0.196. The summed E-state index contributed by atoms with van der Waals surface area (Å²) in [5, 5.41) is 40.5. The van der Waals surface area contributed by atoms with Crippen molar-refractivity contribution in [3.63, 3.8) is 0 Å². The minimum absolute atomic E-state index is 0.104. The SMILES string of the molecule is O=[N+]([O-])c1cc(CCO)c(Cl)c([N+](=O)[O-])c1[N+](=O)[O-]. The third-order valence-corrected chi connectivity index (χ3v) is 2.63. The van der Waals surface area contributed by atoms with E-state index in [2.05, 4.69) is 0 Å². The average Bonchev–Trinajstić information content (AvgIpc) is 2.29. The smallest absolute Gasteiger partial charge is 0.396 e. The molecule has 1 N–H and O–H groups in total. The summed E-state index contributed by atoms with van der Waals surface area (Å²) in [5.74, 6) is 0. The molecule has 102 valence electrons. The van der Waals surface area contributed by atoms with Gasteiger partial charge < -0.3 is 5.11 Å². The molecule has 1 rings (SSSR count). The van der Waals surface area contributed by atoms with E-state index in [1.54, 1.807) is 0 Å². The maximum atomic E-state index is 10.8. The Morgan fingerprint density at radius 1 is 1.05 bits per heavy atom. The number of benzene rings is 1. The van der Waals surface area contributed by atoms with Gasteiger partial charge in [0.25, 0.3) is 0 Å². The topological polar surface area (TPSA) is 150 Å². The van der Waals surface area contributed by atoms with Crippen LogP contribution in [0.1, 0.15) is 5.56 Å². The van der Waals surface area contributed by atoms with Crippen molar-refractivity contribution in [3.05, 3.63) is 47.0 Å². The number of rotatable bonds is 5. The highest BCUT2D eigenvalue weighted by molar-refractivity contribution is 6.34. The van der Waals surface area contributed by atoms with Crippen molar-refractivity contribution >= 4 is 28.7 Å². The van der Waals surface area contributed by atoms with Crippen LogP contribution in [-0.2, 0) is 6.42 Å². The molecule has 11 heteroatoms. The van der Waals surface area contributed by atoms with Crippen molar-refractivity contribution in [3.8, 4) is 0 Å². The van der Waals surface area contributed by atoms with Gasteiger partial charge in [0, 0.05) is 12.7 Å². The van der Waals surface area contributed by atoms with Gasteiger partial charge >= 0.3 is 17.1 Å². The van der Waals surface area contributed by atoms with E-state index in [1.165, 1.54) is 0 Å². The van der Waals surface area contributed by atoms with Gasteiger partial charge in [-0.05, 0) is 12.0 Å². The van der Waals surface area contributed by atoms with Gasteiger partial charge in [0.15, 0.2) is 0 Å². The van der Waals surface area contributed by atoms with Crippen LogP contribution >= 0.6 is 11.6 Å². The summed E-state index contributed by atoms with van der Waals surface area (Å²) in [6, 6.07) is 0.754. The zero-order valence-corrected chi connectivity index (χ0v) is 9.86. The number of aliphatic hydroxyl groups excluding tert-OH is 1. The molecular weight excluding hydrogens is 286 g/mol. The molecule has 0 radical (unpaired) electrons. The zero-order chi connectivity index (χ0) is 14.7. The number of nitro groups is 3. The Bertz CT molecular complexity index is 574. The normalized spacial score (nSPS) is 10.2. The summed E-state index contributed by atoms with van der Waals surface area (Å²) in [6.45, 7) is -0.466. The molecule has 0 saturated carbocycles. The highest BCUT2D eigenvalue weighted by atomic mass is 35.5. The van der Waals surface area contributed by atoms with Gasteiger partial charge in [-0.25, -0.2) is 0 Å². The fraction of sp³-hybridized carbons (Fsp3) is 0.250. The molecule has 0 aromatic heterocycles. The Morgan fingerprint density at radius 2 is 1.58 bits per heavy atom. The number of nitro benzene ring substituents is 3. The Hall–Kier alpha value is -2.33. The molecule has 19 heavy (non-hydrogen) atoms. The molecule has 0 unspecified atom stereocenters. The lowest BCUT2D eigenvalue weighted by molar-refractivity contribution is -0.441. The molecule has 0 aliphatic rings. The first kappa shape index (κ1) is 14.7. The van der Waals surface area contributed by atoms with Gasteiger partial charge in [0.05, 0.1) is 14.8 Å². The maximum Gasteiger partial charge on any atom is 0.423 e. The van der Waals surface area contributed by atoms with E-state index in [1.807, 2.05) is 0 Å². The fourth-order valence-corrected chi connectivity index (χ4v) is 1.77. The van der Waals surface area contributed by atoms with Crippen molar-refractivity contribution in [2.75, 3.05) is 6.61 Å². The van der Waals surface area contributed by atoms with Gasteiger partial charge in [-0.2, -0.15) is 0 Å². The van der Waals surface area contributed by atoms with Crippen LogP contribution in [-0.4, -0.2) is 26.5 Å². The molecule has 10 nitrogen and oxygen atoms in total. The quantitative estimate of drug-likeness (QED) is 0.639. The number of nitrogens with zero attached hydrogens (tertiary/aromatic N) is 3. The summed E-state index contributed by atoms with van der Waals surface area (Å²) in [5.41, 5.74) is -3.57. The van der Waals surface area contributed by atoms with E-state index in [9.17, 15) is 30.3 Å². The predicted octanol–water partition coefficient (Wildman–Crippen LogP) is 1.60. The largest absolute Gasteiger partial charge is 0.423 e. The predicted molar refractivity (Wildman–Crippen MR) is 62.2 cm³/mol. The standard InChI is InChI=1S/C8H6ClN3O7/c9-6-4(1-2-13)3-5(10(14)15)7(11(16)17)8(6)12(18)19/h3,13H,1-2H2. The Labute approximate surface area is 109 Å². The van der Waals surface area contributed by atoms with Gasteiger partial charge in [-0.15, -0.1) is 0 Å². The van der Waals surface area contributed by atoms with Crippen LogP contribution in [0.3, 0.4) is 0 Å². The molecule has 0 heterocycles. The Balaban J connectivity index is 3.78. The van der Waals surface area contributed by atoms with Gasteiger partial charge in [0.2, 0.25) is 0 Å². The van der Waals surface area contributed by atoms with Gasteiger partial charge in [-0.1, -0.05) is 11.6 Å². The molecule has 0 amide bonds. The van der Waals surface area contributed by atoms with Crippen LogP contribution in [0.4, 0.5) is 17.1 Å². The molecule has 0 spiro atoms. The molecule has 1 aromatic rings. The fourth-order valence-electron chi connectivity index (χ4n) is 1.46. The maximum absolute atomic E-state index is 10.8. The number of halogens is 1. The van der Waals surface area contributed by atoms with Crippen LogP contribution < -0.4 is 0 Å². The first-order chi connectivity index (χ1) is 8.81. The Morgan fingerprint density at radius 3 is 1.95 bits per heavy atom. The Kier molecular flexibility index (Phi) is 4.30. The highest BCUT2D eigenvalue weighted by Gasteiger charge is 2.40. The van der Waals surface area contributed by atoms with Gasteiger partial charge in [0.1, 0.15) is 5.02 Å². The number of aliphatic hydroxyl groups is 1. The molecule has 0 saturated heterocycles. The van der Waals surface area contributed by atoms with E-state index < -0.39 is 43.5 Å². The summed E-state index contributed by atoms with van der Waals surface area (Å²) in [4.78, 5) is 28.8. The van der Waals surface area contributed by atoms with E-state index in [-0.39, 0.29) is 12.0 Å². The molecule has 0 aliphatic carbocycles. The minimum Gasteiger partial charge on any atom is -0.396 e. The van der Waals surface area contributed by atoms with Crippen LogP contribution in [0.5, 0.6) is 0 Å². The van der Waals surface area contributed by atoms with Crippen molar-refractivity contribution in [2.24, 2.45) is 0 Å². The minimum atomic E-state index is -1.28. The second kappa shape index (κ2) is 5.54. The van der Waals surface area contributed by atoms with Crippen molar-refractivity contribution in [1.82, 2.24) is 0 Å². The lowest BCUT2D eigenvalue weighted by Gasteiger charge is -2.04. The first-order valence-electron chi connectivity index (χ1n) is 4.70. The summed E-state index contributed by atoms with van der Waals surface area (Å²) in [7, 11) is 0. The van der Waals surface area contributed by atoms with E-state index >= 15 is 0 Å². The van der Waals surface area contributed by atoms with E-state index in [0.717, 1.165) is 6.07 Å². The third-order valence-electron chi connectivity index (χ3n) is 2.21. The molecule has 1 aromatic carbocycles. The average molecular weight is 292 g/mol. The third kappa shape index (κ3) is 2.74. The number of hydrogen-bond donors (Lipinski definition) is 1. The lowest BCUT2D eigenvalue weighted by atomic mass is 10.1. The first-order valence-corrected chi connectivity index (χ1v) is 5.08. The summed E-state index contributed by atoms with van der Waals surface area (Å²) >= 11 is 5.63. The highest BCUT2D eigenvalue weighted by Crippen LogP contribution is 2.43. The van der Waals surface area contributed by atoms with E-state index in [4.69, 9.17) is 16.7 Å². The number of hydrogen-bond acceptors (Lipinski definition) is 7. The van der Waals surface area contributed by atoms with Gasteiger partial charge in [-0.3, -0.25) is 30.3 Å². The van der Waals surface area contributed by atoms with Crippen LogP contribution in [0.15, 0.2) is 6.07 Å². The second-order valence-corrected chi connectivity index (χ2v) is 3.69.